The molecule has 0 spiro atoms. The molecule has 2 rings (SSSR count). The van der Waals surface area contributed by atoms with Crippen LogP contribution in [-0.2, 0) is 4.79 Å². The van der Waals surface area contributed by atoms with Crippen molar-refractivity contribution in [3.8, 4) is 11.5 Å². The van der Waals surface area contributed by atoms with Gasteiger partial charge in [-0.3, -0.25) is 10.1 Å². The highest BCUT2D eigenvalue weighted by molar-refractivity contribution is 7.80. The van der Waals surface area contributed by atoms with Crippen molar-refractivity contribution in [3.63, 3.8) is 0 Å². The van der Waals surface area contributed by atoms with Crippen LogP contribution >= 0.6 is 12.2 Å². The zero-order valence-corrected chi connectivity index (χ0v) is 14.2. The van der Waals surface area contributed by atoms with E-state index in [9.17, 15) is 4.79 Å². The lowest BCUT2D eigenvalue weighted by Gasteiger charge is -2.08. The lowest BCUT2D eigenvalue weighted by atomic mass is 10.2. The van der Waals surface area contributed by atoms with Gasteiger partial charge in [0.05, 0.1) is 14.2 Å². The number of anilines is 1. The van der Waals surface area contributed by atoms with Gasteiger partial charge in [0.15, 0.2) is 5.11 Å². The normalized spacial score (nSPS) is 10.2. The van der Waals surface area contributed by atoms with Crippen LogP contribution in [0.3, 0.4) is 0 Å². The molecule has 0 fully saturated rings. The number of benzene rings is 2. The number of methoxy groups -OCH3 is 2. The Kier molecular flexibility index (Phi) is 6.33. The second kappa shape index (κ2) is 8.69. The van der Waals surface area contributed by atoms with Crippen molar-refractivity contribution in [1.82, 2.24) is 5.32 Å². The number of thiocarbonyl (C=S) groups is 1. The third-order valence-electron chi connectivity index (χ3n) is 3.13. The molecule has 6 heteroatoms. The van der Waals surface area contributed by atoms with Crippen LogP contribution in [0.4, 0.5) is 5.69 Å². The molecule has 0 heterocycles. The summed E-state index contributed by atoms with van der Waals surface area (Å²) in [5.74, 6) is 1.20. The molecule has 0 radical (unpaired) electrons. The van der Waals surface area contributed by atoms with E-state index in [1.165, 1.54) is 6.08 Å². The molecule has 24 heavy (non-hydrogen) atoms. The van der Waals surface area contributed by atoms with Crippen molar-refractivity contribution in [1.29, 1.82) is 0 Å². The molecule has 0 aliphatic carbocycles. The molecule has 5 nitrogen and oxygen atoms in total. The maximum atomic E-state index is 11.9. The van der Waals surface area contributed by atoms with Gasteiger partial charge < -0.3 is 14.8 Å². The number of hydrogen-bond acceptors (Lipinski definition) is 4. The molecule has 124 valence electrons. The first-order chi connectivity index (χ1) is 11.6. The molecule has 0 aliphatic heterocycles. The molecule has 0 unspecified atom stereocenters. The van der Waals surface area contributed by atoms with Crippen molar-refractivity contribution in [2.75, 3.05) is 19.5 Å². The average Bonchev–Trinajstić information content (AvgIpc) is 2.61. The van der Waals surface area contributed by atoms with E-state index in [0.29, 0.717) is 0 Å². The van der Waals surface area contributed by atoms with Crippen LogP contribution in [0.15, 0.2) is 54.6 Å². The molecule has 0 aliphatic rings. The summed E-state index contributed by atoms with van der Waals surface area (Å²) < 4.78 is 10.2. The molecule has 2 N–H and O–H groups in total. The van der Waals surface area contributed by atoms with Gasteiger partial charge in [-0.15, -0.1) is 0 Å². The van der Waals surface area contributed by atoms with Gasteiger partial charge in [0.1, 0.15) is 11.5 Å². The number of carbonyl (C=O) groups excluding carboxylic acids is 1. The Morgan fingerprint density at radius 2 is 1.50 bits per heavy atom. The minimum absolute atomic E-state index is 0.226. The predicted octanol–water partition coefficient (Wildman–Crippen LogP) is 3.23. The number of nitrogens with one attached hydrogen (secondary N) is 2. The first-order valence-corrected chi connectivity index (χ1v) is 7.59. The summed E-state index contributed by atoms with van der Waals surface area (Å²) >= 11 is 5.11. The van der Waals surface area contributed by atoms with Crippen molar-refractivity contribution in [3.05, 3.63) is 60.2 Å². The third kappa shape index (κ3) is 5.40. The van der Waals surface area contributed by atoms with E-state index in [4.69, 9.17) is 21.7 Å². The quantitative estimate of drug-likeness (QED) is 0.645. The van der Waals surface area contributed by atoms with Gasteiger partial charge in [-0.05, 0) is 60.3 Å². The highest BCUT2D eigenvalue weighted by atomic mass is 32.1. The van der Waals surface area contributed by atoms with E-state index in [-0.39, 0.29) is 11.0 Å². The minimum Gasteiger partial charge on any atom is -0.497 e. The lowest BCUT2D eigenvalue weighted by Crippen LogP contribution is -2.32. The minimum atomic E-state index is -0.308. The maximum Gasteiger partial charge on any atom is 0.250 e. The second-order valence-electron chi connectivity index (χ2n) is 4.78. The van der Waals surface area contributed by atoms with Crippen molar-refractivity contribution < 1.29 is 14.3 Å². The number of carbonyl (C=O) groups is 1. The Hall–Kier alpha value is -2.86. The lowest BCUT2D eigenvalue weighted by molar-refractivity contribution is -0.115. The number of hydrogen-bond donors (Lipinski definition) is 2. The molecular formula is C18H18N2O3S. The van der Waals surface area contributed by atoms with Gasteiger partial charge in [0.2, 0.25) is 5.91 Å². The predicted molar refractivity (Wildman–Crippen MR) is 99.4 cm³/mol. The topological polar surface area (TPSA) is 59.6 Å². The second-order valence-corrected chi connectivity index (χ2v) is 5.19. The largest absolute Gasteiger partial charge is 0.497 e. The van der Waals surface area contributed by atoms with Gasteiger partial charge >= 0.3 is 0 Å². The van der Waals surface area contributed by atoms with Gasteiger partial charge in [-0.25, -0.2) is 0 Å². The average molecular weight is 342 g/mol. The maximum absolute atomic E-state index is 11.9. The summed E-state index contributed by atoms with van der Waals surface area (Å²) in [5, 5.41) is 5.75. The Balaban J connectivity index is 1.85. The summed E-state index contributed by atoms with van der Waals surface area (Å²) in [7, 11) is 3.21. The fraction of sp³-hybridized carbons (Fsp3) is 0.111. The van der Waals surface area contributed by atoms with Gasteiger partial charge in [-0.2, -0.15) is 0 Å². The molecular weight excluding hydrogens is 324 g/mol. The van der Waals surface area contributed by atoms with Crippen LogP contribution in [0.2, 0.25) is 0 Å². The number of rotatable bonds is 5. The molecule has 0 saturated carbocycles. The van der Waals surface area contributed by atoms with Crippen LogP contribution in [-0.4, -0.2) is 25.2 Å². The Labute approximate surface area is 146 Å². The number of amides is 1. The van der Waals surface area contributed by atoms with Crippen LogP contribution in [0, 0.1) is 0 Å². The van der Waals surface area contributed by atoms with E-state index < -0.39 is 0 Å². The van der Waals surface area contributed by atoms with Gasteiger partial charge in [0, 0.05) is 11.8 Å². The first kappa shape index (κ1) is 17.5. The summed E-state index contributed by atoms with van der Waals surface area (Å²) in [4.78, 5) is 11.9. The molecule has 2 aromatic rings. The van der Waals surface area contributed by atoms with Crippen molar-refractivity contribution in [2.45, 2.75) is 0 Å². The molecule has 0 atom stereocenters. The van der Waals surface area contributed by atoms with Gasteiger partial charge in [-0.1, -0.05) is 12.1 Å². The molecule has 2 aromatic carbocycles. The summed E-state index contributed by atoms with van der Waals surface area (Å²) in [6.45, 7) is 0. The van der Waals surface area contributed by atoms with Gasteiger partial charge in [0.25, 0.3) is 0 Å². The Morgan fingerprint density at radius 3 is 2.04 bits per heavy atom. The van der Waals surface area contributed by atoms with Crippen LogP contribution < -0.4 is 20.1 Å². The highest BCUT2D eigenvalue weighted by Gasteiger charge is 2.02. The fourth-order valence-corrected chi connectivity index (χ4v) is 2.10. The fourth-order valence-electron chi connectivity index (χ4n) is 1.88. The summed E-state index contributed by atoms with van der Waals surface area (Å²) in [6, 6.07) is 14.6. The van der Waals surface area contributed by atoms with Crippen LogP contribution in [0.25, 0.3) is 6.08 Å². The Bertz CT molecular complexity index is 725. The number of ether oxygens (including phenoxy) is 2. The van der Waals surface area contributed by atoms with E-state index >= 15 is 0 Å². The summed E-state index contributed by atoms with van der Waals surface area (Å²) in [6.07, 6.45) is 3.12. The van der Waals surface area contributed by atoms with Crippen molar-refractivity contribution in [2.24, 2.45) is 0 Å². The van der Waals surface area contributed by atoms with Crippen molar-refractivity contribution >= 4 is 35.0 Å². The zero-order valence-electron chi connectivity index (χ0n) is 13.4. The molecule has 0 bridgehead atoms. The van der Waals surface area contributed by atoms with E-state index in [0.717, 1.165) is 22.7 Å². The first-order valence-electron chi connectivity index (χ1n) is 7.19. The Morgan fingerprint density at radius 1 is 0.958 bits per heavy atom. The van der Waals surface area contributed by atoms with E-state index in [1.807, 2.05) is 36.4 Å². The monoisotopic (exact) mass is 342 g/mol. The summed E-state index contributed by atoms with van der Waals surface area (Å²) in [5.41, 5.74) is 1.65. The highest BCUT2D eigenvalue weighted by Crippen LogP contribution is 2.15. The molecule has 0 aromatic heterocycles. The standard InChI is InChI=1S/C18H18N2O3S/c1-22-15-8-3-13(4-9-15)5-12-17(21)20-18(24)19-14-6-10-16(23-2)11-7-14/h3-12H,1-2H3,(H2,19,20,21,24). The molecule has 1 amide bonds. The zero-order chi connectivity index (χ0) is 17.4. The van der Waals surface area contributed by atoms with Crippen LogP contribution in [0.5, 0.6) is 11.5 Å². The molecule has 0 saturated heterocycles. The van der Waals surface area contributed by atoms with E-state index in [2.05, 4.69) is 10.6 Å². The smallest absolute Gasteiger partial charge is 0.250 e. The van der Waals surface area contributed by atoms with E-state index in [1.54, 1.807) is 32.4 Å². The van der Waals surface area contributed by atoms with Crippen LogP contribution in [0.1, 0.15) is 5.56 Å². The third-order valence-corrected chi connectivity index (χ3v) is 3.33. The SMILES string of the molecule is COc1ccc(C=CC(=O)NC(=S)Nc2ccc(OC)cc2)cc1.